The molecular formula is C13H17N3O. The predicted octanol–water partition coefficient (Wildman–Crippen LogP) is 1.85. The maximum Gasteiger partial charge on any atom is 0.115 e. The molecule has 4 heteroatoms. The van der Waals surface area contributed by atoms with Crippen LogP contribution in [0.4, 0.5) is 0 Å². The molecule has 0 unspecified atom stereocenters. The number of aromatic nitrogens is 2. The number of benzene rings is 1. The van der Waals surface area contributed by atoms with E-state index in [1.807, 2.05) is 12.1 Å². The molecule has 0 bridgehead atoms. The second kappa shape index (κ2) is 5.01. The molecule has 1 aromatic heterocycles. The summed E-state index contributed by atoms with van der Waals surface area (Å²) in [4.78, 5) is 7.85. The summed E-state index contributed by atoms with van der Waals surface area (Å²) in [6.45, 7) is 2.68. The van der Waals surface area contributed by atoms with E-state index in [4.69, 9.17) is 5.73 Å². The predicted molar refractivity (Wildman–Crippen MR) is 67.8 cm³/mol. The van der Waals surface area contributed by atoms with Gasteiger partial charge in [0, 0.05) is 17.7 Å². The van der Waals surface area contributed by atoms with Gasteiger partial charge in [-0.1, -0.05) is 6.92 Å². The van der Waals surface area contributed by atoms with Crippen molar-refractivity contribution in [2.75, 3.05) is 6.54 Å². The molecule has 2 rings (SSSR count). The smallest absolute Gasteiger partial charge is 0.115 e. The molecule has 0 aliphatic heterocycles. The summed E-state index contributed by atoms with van der Waals surface area (Å²) in [6.07, 6.45) is 1.65. The number of hydrogen-bond acceptors (Lipinski definition) is 3. The number of H-pyrrole nitrogens is 1. The zero-order chi connectivity index (χ0) is 12.3. The van der Waals surface area contributed by atoms with Crippen LogP contribution < -0.4 is 5.73 Å². The summed E-state index contributed by atoms with van der Waals surface area (Å²) in [7, 11) is 0. The van der Waals surface area contributed by atoms with E-state index in [9.17, 15) is 5.11 Å². The molecule has 1 aromatic carbocycles. The van der Waals surface area contributed by atoms with Crippen molar-refractivity contribution in [1.29, 1.82) is 0 Å². The second-order valence-electron chi connectivity index (χ2n) is 3.95. The molecule has 0 fully saturated rings. The van der Waals surface area contributed by atoms with Crippen molar-refractivity contribution in [3.63, 3.8) is 0 Å². The lowest BCUT2D eigenvalue weighted by Crippen LogP contribution is -2.03. The Morgan fingerprint density at radius 1 is 1.29 bits per heavy atom. The fourth-order valence-electron chi connectivity index (χ4n) is 1.83. The van der Waals surface area contributed by atoms with Gasteiger partial charge in [-0.2, -0.15) is 0 Å². The molecule has 4 N–H and O–H groups in total. The van der Waals surface area contributed by atoms with Gasteiger partial charge in [0.15, 0.2) is 0 Å². The van der Waals surface area contributed by atoms with Gasteiger partial charge in [-0.15, -0.1) is 0 Å². The quantitative estimate of drug-likeness (QED) is 0.751. The fraction of sp³-hybridized carbons (Fsp3) is 0.308. The Labute approximate surface area is 101 Å². The van der Waals surface area contributed by atoms with E-state index in [-0.39, 0.29) is 5.75 Å². The number of aryl methyl sites for hydroxylation is 1. The number of nitrogens with one attached hydrogen (secondary N) is 1. The number of phenolic OH excluding ortho intramolecular Hbond substituents is 1. The third kappa shape index (κ3) is 2.47. The van der Waals surface area contributed by atoms with E-state index in [0.29, 0.717) is 6.54 Å². The Hall–Kier alpha value is -1.81. The number of imidazole rings is 1. The van der Waals surface area contributed by atoms with Crippen LogP contribution in [0, 0.1) is 0 Å². The van der Waals surface area contributed by atoms with Crippen LogP contribution in [0.5, 0.6) is 5.75 Å². The molecule has 0 aliphatic rings. The first-order valence-corrected chi connectivity index (χ1v) is 5.81. The van der Waals surface area contributed by atoms with E-state index < -0.39 is 0 Å². The molecule has 90 valence electrons. The van der Waals surface area contributed by atoms with Crippen LogP contribution >= 0.6 is 0 Å². The molecule has 1 heterocycles. The molecule has 0 amide bonds. The van der Waals surface area contributed by atoms with Gasteiger partial charge in [-0.05, 0) is 37.2 Å². The number of hydrogen-bond donors (Lipinski definition) is 3. The minimum atomic E-state index is 0.268. The summed E-state index contributed by atoms with van der Waals surface area (Å²) in [6, 6.07) is 7.09. The summed E-state index contributed by atoms with van der Waals surface area (Å²) in [5, 5.41) is 9.27. The number of aromatic amines is 1. The SMILES string of the molecule is CCc1[nH]c(CCN)nc1-c1ccc(O)cc1. The normalized spacial score (nSPS) is 10.7. The summed E-state index contributed by atoms with van der Waals surface area (Å²) >= 11 is 0. The van der Waals surface area contributed by atoms with Crippen molar-refractivity contribution in [3.05, 3.63) is 35.8 Å². The molecule has 0 saturated carbocycles. The van der Waals surface area contributed by atoms with Gasteiger partial charge in [0.1, 0.15) is 11.6 Å². The molecular weight excluding hydrogens is 214 g/mol. The minimum absolute atomic E-state index is 0.268. The molecule has 17 heavy (non-hydrogen) atoms. The van der Waals surface area contributed by atoms with Crippen LogP contribution in [0.1, 0.15) is 18.4 Å². The largest absolute Gasteiger partial charge is 0.508 e. The second-order valence-corrected chi connectivity index (χ2v) is 3.95. The lowest BCUT2D eigenvalue weighted by atomic mass is 10.1. The highest BCUT2D eigenvalue weighted by molar-refractivity contribution is 5.63. The highest BCUT2D eigenvalue weighted by atomic mass is 16.3. The average Bonchev–Trinajstić information content (AvgIpc) is 2.74. The average molecular weight is 231 g/mol. The van der Waals surface area contributed by atoms with Crippen LogP contribution in [-0.4, -0.2) is 21.6 Å². The Bertz CT molecular complexity index is 488. The third-order valence-corrected chi connectivity index (χ3v) is 2.70. The van der Waals surface area contributed by atoms with Gasteiger partial charge in [0.25, 0.3) is 0 Å². The van der Waals surface area contributed by atoms with Gasteiger partial charge in [0.05, 0.1) is 5.69 Å². The van der Waals surface area contributed by atoms with Crippen molar-refractivity contribution >= 4 is 0 Å². The number of nitrogens with zero attached hydrogens (tertiary/aromatic N) is 1. The summed E-state index contributed by atoms with van der Waals surface area (Å²) in [5.41, 5.74) is 8.60. The zero-order valence-electron chi connectivity index (χ0n) is 9.90. The number of aromatic hydroxyl groups is 1. The van der Waals surface area contributed by atoms with Gasteiger partial charge in [0.2, 0.25) is 0 Å². The Balaban J connectivity index is 2.39. The Kier molecular flexibility index (Phi) is 3.44. The van der Waals surface area contributed by atoms with Crippen LogP contribution in [0.15, 0.2) is 24.3 Å². The van der Waals surface area contributed by atoms with E-state index in [1.165, 1.54) is 0 Å². The summed E-state index contributed by atoms with van der Waals surface area (Å²) < 4.78 is 0. The van der Waals surface area contributed by atoms with Crippen molar-refractivity contribution in [2.45, 2.75) is 19.8 Å². The molecule has 0 saturated heterocycles. The molecule has 0 aliphatic carbocycles. The van der Waals surface area contributed by atoms with E-state index in [2.05, 4.69) is 16.9 Å². The van der Waals surface area contributed by atoms with Gasteiger partial charge >= 0.3 is 0 Å². The number of phenols is 1. The van der Waals surface area contributed by atoms with Gasteiger partial charge in [-0.3, -0.25) is 0 Å². The van der Waals surface area contributed by atoms with Gasteiger partial charge in [-0.25, -0.2) is 4.98 Å². The third-order valence-electron chi connectivity index (χ3n) is 2.70. The highest BCUT2D eigenvalue weighted by Gasteiger charge is 2.10. The topological polar surface area (TPSA) is 74.9 Å². The number of rotatable bonds is 4. The Morgan fingerprint density at radius 2 is 2.00 bits per heavy atom. The van der Waals surface area contributed by atoms with Crippen LogP contribution in [0.3, 0.4) is 0 Å². The first-order valence-electron chi connectivity index (χ1n) is 5.81. The van der Waals surface area contributed by atoms with Crippen molar-refractivity contribution in [1.82, 2.24) is 9.97 Å². The van der Waals surface area contributed by atoms with E-state index in [0.717, 1.165) is 35.6 Å². The fourth-order valence-corrected chi connectivity index (χ4v) is 1.83. The monoisotopic (exact) mass is 231 g/mol. The molecule has 2 aromatic rings. The minimum Gasteiger partial charge on any atom is -0.508 e. The summed E-state index contributed by atoms with van der Waals surface area (Å²) in [5.74, 6) is 1.19. The lowest BCUT2D eigenvalue weighted by Gasteiger charge is -2.00. The molecule has 0 spiro atoms. The molecule has 0 atom stereocenters. The van der Waals surface area contributed by atoms with Gasteiger partial charge < -0.3 is 15.8 Å². The van der Waals surface area contributed by atoms with Crippen molar-refractivity contribution in [3.8, 4) is 17.0 Å². The molecule has 4 nitrogen and oxygen atoms in total. The van der Waals surface area contributed by atoms with Crippen LogP contribution in [0.2, 0.25) is 0 Å². The highest BCUT2D eigenvalue weighted by Crippen LogP contribution is 2.24. The first kappa shape index (κ1) is 11.7. The van der Waals surface area contributed by atoms with Crippen molar-refractivity contribution < 1.29 is 5.11 Å². The maximum atomic E-state index is 9.27. The first-order chi connectivity index (χ1) is 8.24. The van der Waals surface area contributed by atoms with Crippen LogP contribution in [0.25, 0.3) is 11.3 Å². The standard InChI is InChI=1S/C13H17N3O/c1-2-11-13(16-12(15-11)7-8-14)9-3-5-10(17)6-4-9/h3-6,17H,2,7-8,14H2,1H3,(H,15,16). The van der Waals surface area contributed by atoms with E-state index >= 15 is 0 Å². The zero-order valence-corrected chi connectivity index (χ0v) is 9.90. The van der Waals surface area contributed by atoms with E-state index in [1.54, 1.807) is 12.1 Å². The maximum absolute atomic E-state index is 9.27. The Morgan fingerprint density at radius 3 is 2.59 bits per heavy atom. The van der Waals surface area contributed by atoms with Crippen molar-refractivity contribution in [2.24, 2.45) is 5.73 Å². The van der Waals surface area contributed by atoms with Crippen LogP contribution in [-0.2, 0) is 12.8 Å². The number of nitrogens with two attached hydrogens (primary N) is 1. The molecule has 0 radical (unpaired) electrons. The lowest BCUT2D eigenvalue weighted by molar-refractivity contribution is 0.475.